The summed E-state index contributed by atoms with van der Waals surface area (Å²) in [4.78, 5) is 13.4. The number of likely N-dealkylation sites (tertiary alicyclic amines) is 1. The van der Waals surface area contributed by atoms with Crippen molar-refractivity contribution in [2.24, 2.45) is 11.3 Å². The summed E-state index contributed by atoms with van der Waals surface area (Å²) in [5, 5.41) is 9.27. The second-order valence-electron chi connectivity index (χ2n) is 6.16. The first kappa shape index (κ1) is 10.9. The monoisotopic (exact) mass is 211 g/mol. The van der Waals surface area contributed by atoms with Crippen LogP contribution < -0.4 is 0 Å². The first-order chi connectivity index (χ1) is 6.86. The van der Waals surface area contributed by atoms with Crippen LogP contribution in [0.15, 0.2) is 0 Å². The summed E-state index contributed by atoms with van der Waals surface area (Å²) >= 11 is 0. The van der Waals surface area contributed by atoms with Gasteiger partial charge in [-0.15, -0.1) is 0 Å². The lowest BCUT2D eigenvalue weighted by atomic mass is 9.68. The van der Waals surface area contributed by atoms with Crippen LogP contribution in [-0.4, -0.2) is 34.6 Å². The maximum absolute atomic E-state index is 11.3. The van der Waals surface area contributed by atoms with E-state index in [2.05, 4.69) is 25.7 Å². The Labute approximate surface area is 91.5 Å². The Morgan fingerprint density at radius 3 is 2.13 bits per heavy atom. The van der Waals surface area contributed by atoms with Gasteiger partial charge in [-0.2, -0.15) is 0 Å². The van der Waals surface area contributed by atoms with Gasteiger partial charge in [-0.1, -0.05) is 20.8 Å². The molecular weight excluding hydrogens is 190 g/mol. The minimum atomic E-state index is -0.610. The predicted octanol–water partition coefficient (Wildman–Crippen LogP) is 1.97. The van der Waals surface area contributed by atoms with Crippen molar-refractivity contribution >= 4 is 5.97 Å². The molecule has 86 valence electrons. The molecule has 0 aromatic carbocycles. The number of hydrogen-bond acceptors (Lipinski definition) is 2. The lowest BCUT2D eigenvalue weighted by molar-refractivity contribution is -0.170. The molecule has 15 heavy (non-hydrogen) atoms. The summed E-state index contributed by atoms with van der Waals surface area (Å²) in [5.41, 5.74) is -0.165. The molecule has 1 aliphatic carbocycles. The van der Waals surface area contributed by atoms with Crippen LogP contribution in [0.2, 0.25) is 0 Å². The third-order valence-corrected chi connectivity index (χ3v) is 4.29. The lowest BCUT2D eigenvalue weighted by Gasteiger charge is -2.57. The highest BCUT2D eigenvalue weighted by Crippen LogP contribution is 2.45. The van der Waals surface area contributed by atoms with Crippen LogP contribution in [-0.2, 0) is 4.79 Å². The van der Waals surface area contributed by atoms with E-state index in [0.717, 1.165) is 32.4 Å². The zero-order chi connectivity index (χ0) is 11.3. The maximum Gasteiger partial charge on any atom is 0.324 e. The quantitative estimate of drug-likeness (QED) is 0.759. The third-order valence-electron chi connectivity index (χ3n) is 4.29. The van der Waals surface area contributed by atoms with Crippen LogP contribution in [0.25, 0.3) is 0 Å². The van der Waals surface area contributed by atoms with Crippen molar-refractivity contribution in [2.75, 3.05) is 13.1 Å². The van der Waals surface area contributed by atoms with E-state index in [4.69, 9.17) is 0 Å². The first-order valence-electron chi connectivity index (χ1n) is 5.85. The second kappa shape index (κ2) is 3.21. The van der Waals surface area contributed by atoms with Gasteiger partial charge >= 0.3 is 5.97 Å². The molecule has 2 aliphatic rings. The van der Waals surface area contributed by atoms with Crippen LogP contribution in [0.1, 0.15) is 40.0 Å². The van der Waals surface area contributed by atoms with E-state index in [1.165, 1.54) is 0 Å². The molecule has 0 aromatic heterocycles. The molecule has 3 nitrogen and oxygen atoms in total. The molecule has 2 fully saturated rings. The molecule has 1 heterocycles. The van der Waals surface area contributed by atoms with Crippen LogP contribution in [0, 0.1) is 11.3 Å². The molecule has 1 aliphatic heterocycles. The van der Waals surface area contributed by atoms with Crippen LogP contribution in [0.3, 0.4) is 0 Å². The fraction of sp³-hybridized carbons (Fsp3) is 0.917. The molecule has 1 N–H and O–H groups in total. The largest absolute Gasteiger partial charge is 0.480 e. The van der Waals surface area contributed by atoms with Gasteiger partial charge in [-0.25, -0.2) is 0 Å². The average Bonchev–Trinajstić information content (AvgIpc) is 1.86. The van der Waals surface area contributed by atoms with E-state index in [0.29, 0.717) is 11.3 Å². The van der Waals surface area contributed by atoms with Gasteiger partial charge in [0.25, 0.3) is 0 Å². The molecule has 0 unspecified atom stereocenters. The highest BCUT2D eigenvalue weighted by molar-refractivity contribution is 5.80. The van der Waals surface area contributed by atoms with Crippen molar-refractivity contribution in [3.63, 3.8) is 0 Å². The fourth-order valence-electron chi connectivity index (χ4n) is 2.55. The summed E-state index contributed by atoms with van der Waals surface area (Å²) in [5.74, 6) is 0.0513. The van der Waals surface area contributed by atoms with Crippen molar-refractivity contribution in [3.05, 3.63) is 0 Å². The average molecular weight is 211 g/mol. The second-order valence-corrected chi connectivity index (χ2v) is 6.16. The molecule has 0 spiro atoms. The van der Waals surface area contributed by atoms with Crippen molar-refractivity contribution in [1.29, 1.82) is 0 Å². The Morgan fingerprint density at radius 1 is 1.33 bits per heavy atom. The van der Waals surface area contributed by atoms with E-state index in [-0.39, 0.29) is 0 Å². The lowest BCUT2D eigenvalue weighted by Crippen LogP contribution is -2.68. The molecule has 0 aromatic rings. The summed E-state index contributed by atoms with van der Waals surface area (Å²) in [6.45, 7) is 8.65. The highest BCUT2D eigenvalue weighted by Gasteiger charge is 2.54. The number of rotatable bonds is 2. The van der Waals surface area contributed by atoms with Gasteiger partial charge in [0.2, 0.25) is 0 Å². The van der Waals surface area contributed by atoms with Crippen molar-refractivity contribution < 1.29 is 9.90 Å². The minimum Gasteiger partial charge on any atom is -0.480 e. The molecule has 0 amide bonds. The van der Waals surface area contributed by atoms with Gasteiger partial charge in [0.05, 0.1) is 0 Å². The van der Waals surface area contributed by atoms with Gasteiger partial charge in [-0.3, -0.25) is 9.69 Å². The van der Waals surface area contributed by atoms with E-state index in [1.54, 1.807) is 0 Å². The summed E-state index contributed by atoms with van der Waals surface area (Å²) in [7, 11) is 0. The van der Waals surface area contributed by atoms with Crippen LogP contribution >= 0.6 is 0 Å². The molecule has 0 bridgehead atoms. The molecular formula is C12H21NO2. The Bertz CT molecular complexity index is 270. The fourth-order valence-corrected chi connectivity index (χ4v) is 2.55. The van der Waals surface area contributed by atoms with E-state index < -0.39 is 11.5 Å². The molecule has 2 rings (SSSR count). The van der Waals surface area contributed by atoms with Crippen molar-refractivity contribution in [2.45, 2.75) is 45.6 Å². The van der Waals surface area contributed by atoms with Gasteiger partial charge in [0.15, 0.2) is 0 Å². The van der Waals surface area contributed by atoms with Crippen molar-refractivity contribution in [1.82, 2.24) is 4.90 Å². The Morgan fingerprint density at radius 2 is 1.87 bits per heavy atom. The molecule has 0 atom stereocenters. The Hall–Kier alpha value is -0.570. The minimum absolute atomic E-state index is 0.319. The van der Waals surface area contributed by atoms with E-state index in [1.807, 2.05) is 0 Å². The molecule has 3 heteroatoms. The Balaban J connectivity index is 1.96. The highest BCUT2D eigenvalue weighted by atomic mass is 16.4. The van der Waals surface area contributed by atoms with Gasteiger partial charge in [-0.05, 0) is 30.6 Å². The Kier molecular flexibility index (Phi) is 2.34. The molecule has 0 radical (unpaired) electrons. The van der Waals surface area contributed by atoms with Gasteiger partial charge in [0, 0.05) is 13.1 Å². The first-order valence-corrected chi connectivity index (χ1v) is 5.85. The zero-order valence-corrected chi connectivity index (χ0v) is 9.92. The molecule has 1 saturated heterocycles. The standard InChI is InChI=1S/C12H21NO2/c1-11(2,3)9-7-13(8-9)12(10(14)15)5-4-6-12/h9H,4-8H2,1-3H3,(H,14,15). The number of hydrogen-bond donors (Lipinski definition) is 1. The van der Waals surface area contributed by atoms with E-state index in [9.17, 15) is 9.90 Å². The van der Waals surface area contributed by atoms with Gasteiger partial charge < -0.3 is 5.11 Å². The number of aliphatic carboxylic acids is 1. The number of carboxylic acids is 1. The normalized spacial score (nSPS) is 26.9. The number of nitrogens with zero attached hydrogens (tertiary/aromatic N) is 1. The molecule has 1 saturated carbocycles. The van der Waals surface area contributed by atoms with Crippen LogP contribution in [0.5, 0.6) is 0 Å². The van der Waals surface area contributed by atoms with Gasteiger partial charge in [0.1, 0.15) is 5.54 Å². The summed E-state index contributed by atoms with van der Waals surface area (Å²) in [6, 6.07) is 0. The van der Waals surface area contributed by atoms with Crippen molar-refractivity contribution in [3.8, 4) is 0 Å². The summed E-state index contributed by atoms with van der Waals surface area (Å²) in [6.07, 6.45) is 2.77. The smallest absolute Gasteiger partial charge is 0.324 e. The predicted molar refractivity (Wildman–Crippen MR) is 58.7 cm³/mol. The zero-order valence-electron chi connectivity index (χ0n) is 9.92. The van der Waals surface area contributed by atoms with E-state index >= 15 is 0 Å². The topological polar surface area (TPSA) is 40.5 Å². The maximum atomic E-state index is 11.3. The SMILES string of the molecule is CC(C)(C)C1CN(C2(C(=O)O)CCC2)C1. The third kappa shape index (κ3) is 1.57. The van der Waals surface area contributed by atoms with Crippen LogP contribution in [0.4, 0.5) is 0 Å². The summed E-state index contributed by atoms with van der Waals surface area (Å²) < 4.78 is 0. The number of carbonyl (C=O) groups is 1. The number of carboxylic acid groups (broad SMARTS) is 1.